The SMILES string of the molecule is COc1cc(Nc2ccnc(-c3ccc(C(=O)N4CCN(C)CC4)cc3)n2)cc(OC)c1OC. The summed E-state index contributed by atoms with van der Waals surface area (Å²) in [4.78, 5) is 25.9. The molecule has 0 bridgehead atoms. The Kier molecular flexibility index (Phi) is 7.12. The lowest BCUT2D eigenvalue weighted by molar-refractivity contribution is 0.0664. The largest absolute Gasteiger partial charge is 0.493 e. The number of hydrogen-bond acceptors (Lipinski definition) is 8. The van der Waals surface area contributed by atoms with Crippen molar-refractivity contribution in [1.29, 1.82) is 0 Å². The molecule has 1 amide bonds. The van der Waals surface area contributed by atoms with Crippen LogP contribution in [0.2, 0.25) is 0 Å². The second kappa shape index (κ2) is 10.4. The maximum Gasteiger partial charge on any atom is 0.253 e. The Morgan fingerprint density at radius 2 is 1.56 bits per heavy atom. The Morgan fingerprint density at radius 3 is 2.15 bits per heavy atom. The van der Waals surface area contributed by atoms with Crippen LogP contribution in [0, 0.1) is 0 Å². The van der Waals surface area contributed by atoms with E-state index < -0.39 is 0 Å². The quantitative estimate of drug-likeness (QED) is 0.571. The van der Waals surface area contributed by atoms with Gasteiger partial charge in [0.1, 0.15) is 5.82 Å². The van der Waals surface area contributed by atoms with Crippen LogP contribution in [0.5, 0.6) is 17.2 Å². The third-order valence-electron chi connectivity index (χ3n) is 5.77. The van der Waals surface area contributed by atoms with Crippen molar-refractivity contribution in [2.24, 2.45) is 0 Å². The van der Waals surface area contributed by atoms with Crippen molar-refractivity contribution in [1.82, 2.24) is 19.8 Å². The number of likely N-dealkylation sites (N-methyl/N-ethyl adjacent to an activating group) is 1. The highest BCUT2D eigenvalue weighted by molar-refractivity contribution is 5.94. The first-order valence-electron chi connectivity index (χ1n) is 11.0. The van der Waals surface area contributed by atoms with E-state index in [1.807, 2.05) is 41.3 Å². The fourth-order valence-corrected chi connectivity index (χ4v) is 3.82. The topological polar surface area (TPSA) is 89.1 Å². The predicted octanol–water partition coefficient (Wildman–Crippen LogP) is 3.30. The number of hydrogen-bond donors (Lipinski definition) is 1. The van der Waals surface area contributed by atoms with E-state index in [-0.39, 0.29) is 5.91 Å². The van der Waals surface area contributed by atoms with Crippen LogP contribution in [-0.2, 0) is 0 Å². The molecule has 0 atom stereocenters. The molecule has 1 saturated heterocycles. The Morgan fingerprint density at radius 1 is 0.912 bits per heavy atom. The van der Waals surface area contributed by atoms with Crippen molar-refractivity contribution in [2.45, 2.75) is 0 Å². The van der Waals surface area contributed by atoms with Gasteiger partial charge in [-0.05, 0) is 25.2 Å². The zero-order chi connectivity index (χ0) is 24.1. The minimum Gasteiger partial charge on any atom is -0.493 e. The third kappa shape index (κ3) is 5.04. The summed E-state index contributed by atoms with van der Waals surface area (Å²) in [6.07, 6.45) is 1.69. The number of methoxy groups -OCH3 is 3. The lowest BCUT2D eigenvalue weighted by Gasteiger charge is -2.32. The number of carbonyl (C=O) groups excluding carboxylic acids is 1. The van der Waals surface area contributed by atoms with Crippen molar-refractivity contribution in [2.75, 3.05) is 59.9 Å². The number of nitrogens with one attached hydrogen (secondary N) is 1. The molecule has 2 heterocycles. The average Bonchev–Trinajstić information content (AvgIpc) is 2.88. The number of amides is 1. The van der Waals surface area contributed by atoms with Gasteiger partial charge in [-0.15, -0.1) is 0 Å². The molecular weight excluding hydrogens is 434 g/mol. The first kappa shape index (κ1) is 23.3. The van der Waals surface area contributed by atoms with Crippen LogP contribution < -0.4 is 19.5 Å². The molecule has 0 radical (unpaired) electrons. The highest BCUT2D eigenvalue weighted by atomic mass is 16.5. The summed E-state index contributed by atoms with van der Waals surface area (Å²) in [5.41, 5.74) is 2.22. The summed E-state index contributed by atoms with van der Waals surface area (Å²) in [7, 11) is 6.78. The number of ether oxygens (including phenoxy) is 3. The van der Waals surface area contributed by atoms with E-state index in [2.05, 4.69) is 27.2 Å². The van der Waals surface area contributed by atoms with Gasteiger partial charge in [0.05, 0.1) is 21.3 Å². The summed E-state index contributed by atoms with van der Waals surface area (Å²) >= 11 is 0. The molecule has 9 heteroatoms. The molecule has 178 valence electrons. The molecule has 1 aliphatic heterocycles. The molecule has 2 aromatic carbocycles. The molecule has 0 aliphatic carbocycles. The molecule has 1 aliphatic rings. The monoisotopic (exact) mass is 463 g/mol. The van der Waals surface area contributed by atoms with Crippen LogP contribution in [0.4, 0.5) is 11.5 Å². The van der Waals surface area contributed by atoms with Gasteiger partial charge in [0.15, 0.2) is 17.3 Å². The van der Waals surface area contributed by atoms with Gasteiger partial charge in [-0.2, -0.15) is 0 Å². The minimum atomic E-state index is 0.0541. The maximum absolute atomic E-state index is 12.8. The predicted molar refractivity (Wildman–Crippen MR) is 130 cm³/mol. The number of anilines is 2. The van der Waals surface area contributed by atoms with Crippen molar-refractivity contribution in [3.8, 4) is 28.6 Å². The van der Waals surface area contributed by atoms with E-state index in [0.717, 1.165) is 37.4 Å². The lowest BCUT2D eigenvalue weighted by atomic mass is 10.1. The first-order chi connectivity index (χ1) is 16.5. The molecule has 1 fully saturated rings. The molecule has 3 aromatic rings. The van der Waals surface area contributed by atoms with E-state index in [0.29, 0.717) is 34.5 Å². The zero-order valence-corrected chi connectivity index (χ0v) is 19.9. The van der Waals surface area contributed by atoms with Gasteiger partial charge in [-0.3, -0.25) is 4.79 Å². The maximum atomic E-state index is 12.8. The van der Waals surface area contributed by atoms with Crippen molar-refractivity contribution in [3.05, 3.63) is 54.2 Å². The van der Waals surface area contributed by atoms with Crippen molar-refractivity contribution < 1.29 is 19.0 Å². The molecule has 1 N–H and O–H groups in total. The van der Waals surface area contributed by atoms with Gasteiger partial charge >= 0.3 is 0 Å². The smallest absolute Gasteiger partial charge is 0.253 e. The molecule has 0 unspecified atom stereocenters. The molecule has 34 heavy (non-hydrogen) atoms. The number of nitrogens with zero attached hydrogens (tertiary/aromatic N) is 4. The number of rotatable bonds is 7. The molecule has 4 rings (SSSR count). The molecule has 9 nitrogen and oxygen atoms in total. The Hall–Kier alpha value is -3.85. The van der Waals surface area contributed by atoms with E-state index in [1.54, 1.807) is 33.6 Å². The Bertz CT molecular complexity index is 1120. The van der Waals surface area contributed by atoms with Gasteiger partial charge in [0.2, 0.25) is 5.75 Å². The summed E-state index contributed by atoms with van der Waals surface area (Å²) in [5, 5.41) is 3.26. The Balaban J connectivity index is 1.51. The zero-order valence-electron chi connectivity index (χ0n) is 19.9. The summed E-state index contributed by atoms with van der Waals surface area (Å²) in [6, 6.07) is 12.8. The van der Waals surface area contributed by atoms with Crippen molar-refractivity contribution in [3.63, 3.8) is 0 Å². The first-order valence-corrected chi connectivity index (χ1v) is 11.0. The number of piperazine rings is 1. The second-order valence-electron chi connectivity index (χ2n) is 7.98. The highest BCUT2D eigenvalue weighted by Crippen LogP contribution is 2.40. The average molecular weight is 464 g/mol. The normalized spacial score (nSPS) is 13.9. The molecule has 1 aromatic heterocycles. The second-order valence-corrected chi connectivity index (χ2v) is 7.98. The fourth-order valence-electron chi connectivity index (χ4n) is 3.82. The van der Waals surface area contributed by atoms with E-state index in [1.165, 1.54) is 0 Å². The van der Waals surface area contributed by atoms with Crippen LogP contribution in [0.3, 0.4) is 0 Å². The Labute approximate surface area is 199 Å². The lowest BCUT2D eigenvalue weighted by Crippen LogP contribution is -2.47. The van der Waals surface area contributed by atoms with Crippen LogP contribution in [0.15, 0.2) is 48.7 Å². The number of aromatic nitrogens is 2. The van der Waals surface area contributed by atoms with Crippen LogP contribution >= 0.6 is 0 Å². The van der Waals surface area contributed by atoms with Crippen LogP contribution in [0.1, 0.15) is 10.4 Å². The molecule has 0 saturated carbocycles. The van der Waals surface area contributed by atoms with Gasteiger partial charge < -0.3 is 29.3 Å². The molecular formula is C25H29N5O4. The van der Waals surface area contributed by atoms with Gasteiger partial charge in [-0.1, -0.05) is 12.1 Å². The van der Waals surface area contributed by atoms with Crippen LogP contribution in [-0.4, -0.2) is 80.2 Å². The van der Waals surface area contributed by atoms with Gasteiger partial charge in [0.25, 0.3) is 5.91 Å². The third-order valence-corrected chi connectivity index (χ3v) is 5.77. The van der Waals surface area contributed by atoms with Gasteiger partial charge in [0, 0.05) is 61.3 Å². The summed E-state index contributed by atoms with van der Waals surface area (Å²) in [6.45, 7) is 3.27. The minimum absolute atomic E-state index is 0.0541. The summed E-state index contributed by atoms with van der Waals surface area (Å²) < 4.78 is 16.2. The molecule has 0 spiro atoms. The number of carbonyl (C=O) groups is 1. The van der Waals surface area contributed by atoms with E-state index >= 15 is 0 Å². The van der Waals surface area contributed by atoms with E-state index in [4.69, 9.17) is 14.2 Å². The fraction of sp³-hybridized carbons (Fsp3) is 0.320. The number of benzene rings is 2. The van der Waals surface area contributed by atoms with E-state index in [9.17, 15) is 4.79 Å². The standard InChI is InChI=1S/C25H29N5O4/c1-29-11-13-30(14-12-29)25(31)18-7-5-17(6-8-18)24-26-10-9-22(28-24)27-19-15-20(32-2)23(34-4)21(16-19)33-3/h5-10,15-16H,11-14H2,1-4H3,(H,26,27,28). The van der Waals surface area contributed by atoms with Crippen molar-refractivity contribution >= 4 is 17.4 Å². The van der Waals surface area contributed by atoms with Crippen LogP contribution in [0.25, 0.3) is 11.4 Å². The highest BCUT2D eigenvalue weighted by Gasteiger charge is 2.20. The summed E-state index contributed by atoms with van der Waals surface area (Å²) in [5.74, 6) is 2.81. The van der Waals surface area contributed by atoms with Gasteiger partial charge in [-0.25, -0.2) is 9.97 Å².